The number of hydrogen-bond acceptors (Lipinski definition) is 6. The van der Waals surface area contributed by atoms with Crippen LogP contribution in [-0.2, 0) is 19.6 Å². The van der Waals surface area contributed by atoms with E-state index in [1.54, 1.807) is 12.3 Å². The summed E-state index contributed by atoms with van der Waals surface area (Å²) in [6.07, 6.45) is 4.92. The Balaban J connectivity index is 1.23. The van der Waals surface area contributed by atoms with Gasteiger partial charge in [-0.2, -0.15) is 0 Å². The Morgan fingerprint density at radius 3 is 2.54 bits per heavy atom. The number of aromatic nitrogens is 3. The van der Waals surface area contributed by atoms with Crippen LogP contribution in [0.25, 0.3) is 10.9 Å². The van der Waals surface area contributed by atoms with Crippen molar-refractivity contribution in [2.24, 2.45) is 5.92 Å². The maximum Gasteiger partial charge on any atom is 0.258 e. The molecule has 0 radical (unpaired) electrons. The summed E-state index contributed by atoms with van der Waals surface area (Å²) in [5.41, 5.74) is 3.73. The Labute approximate surface area is 205 Å². The first-order valence-corrected chi connectivity index (χ1v) is 12.3. The topological polar surface area (TPSA) is 91.9 Å². The van der Waals surface area contributed by atoms with E-state index >= 15 is 0 Å². The average Bonchev–Trinajstić information content (AvgIpc) is 2.90. The molecular formula is C28H31N5O2. The van der Waals surface area contributed by atoms with Crippen LogP contribution in [-0.4, -0.2) is 34.6 Å². The summed E-state index contributed by atoms with van der Waals surface area (Å²) in [6, 6.07) is 20.1. The van der Waals surface area contributed by atoms with E-state index < -0.39 is 0 Å². The van der Waals surface area contributed by atoms with Gasteiger partial charge in [0.2, 0.25) is 0 Å². The molecule has 1 saturated heterocycles. The van der Waals surface area contributed by atoms with Crippen molar-refractivity contribution in [3.63, 3.8) is 0 Å². The minimum atomic E-state index is -0.172. The Morgan fingerprint density at radius 1 is 0.971 bits per heavy atom. The molecule has 1 fully saturated rings. The average molecular weight is 470 g/mol. The van der Waals surface area contributed by atoms with Crippen LogP contribution in [0, 0.1) is 5.92 Å². The summed E-state index contributed by atoms with van der Waals surface area (Å²) in [5.74, 6) is 1.90. The van der Waals surface area contributed by atoms with Gasteiger partial charge in [-0.05, 0) is 74.1 Å². The minimum Gasteiger partial charge on any atom is -0.486 e. The van der Waals surface area contributed by atoms with Gasteiger partial charge in [0.25, 0.3) is 5.56 Å². The standard InChI is InChI=1S/C28H31N5O2/c34-28-24-12-15-31-25(18-30-17-22-10-13-29-14-11-22)27(24)32-26(33-28)19-35-23-8-6-21(7-9-23)16-20-4-2-1-3-5-20/h1-9,12,15,22,29-30H,10-11,13-14,16-19H2,(H,32,33,34). The molecule has 0 unspecified atom stereocenters. The summed E-state index contributed by atoms with van der Waals surface area (Å²) < 4.78 is 5.93. The van der Waals surface area contributed by atoms with Gasteiger partial charge in [-0.15, -0.1) is 0 Å². The normalized spacial score (nSPS) is 14.3. The monoisotopic (exact) mass is 469 g/mol. The Morgan fingerprint density at radius 2 is 1.74 bits per heavy atom. The fraction of sp³-hybridized carbons (Fsp3) is 0.321. The molecule has 0 saturated carbocycles. The lowest BCUT2D eigenvalue weighted by Crippen LogP contribution is -2.33. The SMILES string of the molecule is O=c1[nH]c(COc2ccc(Cc3ccccc3)cc2)nc2c(CNCC3CCNCC3)nccc12. The minimum absolute atomic E-state index is 0.172. The molecule has 7 nitrogen and oxygen atoms in total. The van der Waals surface area contributed by atoms with Crippen LogP contribution in [0.5, 0.6) is 5.75 Å². The molecule has 2 aromatic heterocycles. The van der Waals surface area contributed by atoms with Gasteiger partial charge in [-0.1, -0.05) is 42.5 Å². The molecule has 5 rings (SSSR count). The molecule has 3 N–H and O–H groups in total. The third-order valence-electron chi connectivity index (χ3n) is 6.48. The fourth-order valence-electron chi connectivity index (χ4n) is 4.53. The third kappa shape index (κ3) is 6.12. The number of rotatable bonds is 9. The Hall–Kier alpha value is -3.55. The number of benzene rings is 2. The highest BCUT2D eigenvalue weighted by Crippen LogP contribution is 2.17. The highest BCUT2D eigenvalue weighted by molar-refractivity contribution is 5.79. The third-order valence-corrected chi connectivity index (χ3v) is 6.48. The maximum absolute atomic E-state index is 12.7. The van der Waals surface area contributed by atoms with Gasteiger partial charge in [0.05, 0.1) is 11.1 Å². The predicted molar refractivity (Wildman–Crippen MR) is 137 cm³/mol. The van der Waals surface area contributed by atoms with Crippen LogP contribution in [0.15, 0.2) is 71.7 Å². The van der Waals surface area contributed by atoms with Gasteiger partial charge in [-0.25, -0.2) is 4.98 Å². The van der Waals surface area contributed by atoms with Crippen molar-refractivity contribution in [2.75, 3.05) is 19.6 Å². The van der Waals surface area contributed by atoms with E-state index in [-0.39, 0.29) is 12.2 Å². The van der Waals surface area contributed by atoms with Crippen molar-refractivity contribution in [2.45, 2.75) is 32.4 Å². The lowest BCUT2D eigenvalue weighted by Gasteiger charge is -2.22. The van der Waals surface area contributed by atoms with Crippen molar-refractivity contribution in [1.82, 2.24) is 25.6 Å². The van der Waals surface area contributed by atoms with Crippen LogP contribution < -0.4 is 20.9 Å². The summed E-state index contributed by atoms with van der Waals surface area (Å²) in [7, 11) is 0. The predicted octanol–water partition coefficient (Wildman–Crippen LogP) is 3.58. The summed E-state index contributed by atoms with van der Waals surface area (Å²) in [4.78, 5) is 24.7. The van der Waals surface area contributed by atoms with E-state index in [4.69, 9.17) is 9.72 Å². The molecule has 0 spiro atoms. The molecule has 2 aromatic carbocycles. The smallest absolute Gasteiger partial charge is 0.258 e. The van der Waals surface area contributed by atoms with Gasteiger partial charge in [-0.3, -0.25) is 9.78 Å². The number of nitrogens with one attached hydrogen (secondary N) is 3. The number of nitrogens with zero attached hydrogens (tertiary/aromatic N) is 2. The van der Waals surface area contributed by atoms with Crippen molar-refractivity contribution in [3.8, 4) is 5.75 Å². The van der Waals surface area contributed by atoms with Crippen molar-refractivity contribution >= 4 is 10.9 Å². The van der Waals surface area contributed by atoms with Gasteiger partial charge in [0, 0.05) is 12.7 Å². The van der Waals surface area contributed by atoms with Crippen LogP contribution >= 0.6 is 0 Å². The number of pyridine rings is 1. The van der Waals surface area contributed by atoms with Crippen LogP contribution in [0.4, 0.5) is 0 Å². The van der Waals surface area contributed by atoms with Gasteiger partial charge >= 0.3 is 0 Å². The summed E-state index contributed by atoms with van der Waals surface area (Å²) in [6.45, 7) is 3.87. The molecule has 35 heavy (non-hydrogen) atoms. The van der Waals surface area contributed by atoms with Crippen molar-refractivity contribution in [1.29, 1.82) is 0 Å². The van der Waals surface area contributed by atoms with Gasteiger partial charge < -0.3 is 20.4 Å². The number of piperidine rings is 1. The molecule has 180 valence electrons. The van der Waals surface area contributed by atoms with Crippen LogP contribution in [0.3, 0.4) is 0 Å². The van der Waals surface area contributed by atoms with Crippen LogP contribution in [0.2, 0.25) is 0 Å². The zero-order chi connectivity index (χ0) is 23.9. The quantitative estimate of drug-likeness (QED) is 0.347. The Bertz CT molecular complexity index is 1300. The van der Waals surface area contributed by atoms with E-state index in [0.717, 1.165) is 37.5 Å². The van der Waals surface area contributed by atoms with Crippen molar-refractivity contribution < 1.29 is 4.74 Å². The Kier molecular flexibility index (Phi) is 7.46. The van der Waals surface area contributed by atoms with Crippen molar-refractivity contribution in [3.05, 3.63) is 99.9 Å². The molecule has 1 aliphatic rings. The number of hydrogen-bond donors (Lipinski definition) is 3. The lowest BCUT2D eigenvalue weighted by molar-refractivity contribution is 0.296. The molecule has 0 amide bonds. The fourth-order valence-corrected chi connectivity index (χ4v) is 4.53. The molecule has 7 heteroatoms. The van der Waals surface area contributed by atoms with E-state index in [1.807, 2.05) is 18.2 Å². The molecular weight excluding hydrogens is 438 g/mol. The molecule has 4 aromatic rings. The van der Waals surface area contributed by atoms with Crippen LogP contribution in [0.1, 0.15) is 35.5 Å². The van der Waals surface area contributed by atoms with E-state index in [1.165, 1.54) is 24.0 Å². The van der Waals surface area contributed by atoms with E-state index in [0.29, 0.717) is 29.2 Å². The first-order valence-electron chi connectivity index (χ1n) is 12.3. The zero-order valence-corrected chi connectivity index (χ0v) is 19.8. The highest BCUT2D eigenvalue weighted by atomic mass is 16.5. The largest absolute Gasteiger partial charge is 0.486 e. The molecule has 3 heterocycles. The van der Waals surface area contributed by atoms with Gasteiger partial charge in [0.15, 0.2) is 0 Å². The molecule has 0 bridgehead atoms. The number of aromatic amines is 1. The summed E-state index contributed by atoms with van der Waals surface area (Å²) >= 11 is 0. The number of ether oxygens (including phenoxy) is 1. The summed E-state index contributed by atoms with van der Waals surface area (Å²) in [5, 5.41) is 7.45. The highest BCUT2D eigenvalue weighted by Gasteiger charge is 2.14. The van der Waals surface area contributed by atoms with E-state index in [2.05, 4.69) is 57.0 Å². The lowest BCUT2D eigenvalue weighted by atomic mass is 9.98. The first kappa shape index (κ1) is 23.2. The molecule has 1 aliphatic heterocycles. The molecule has 0 aliphatic carbocycles. The van der Waals surface area contributed by atoms with Gasteiger partial charge in [0.1, 0.15) is 23.7 Å². The van der Waals surface area contributed by atoms with E-state index in [9.17, 15) is 4.79 Å². The second kappa shape index (κ2) is 11.3. The first-order chi connectivity index (χ1) is 17.2. The second-order valence-electron chi connectivity index (χ2n) is 9.09. The maximum atomic E-state index is 12.7. The zero-order valence-electron chi connectivity index (χ0n) is 19.8. The molecule has 0 atom stereocenters. The second-order valence-corrected chi connectivity index (χ2v) is 9.09. The number of fused-ring (bicyclic) bond motifs is 1. The number of H-pyrrole nitrogens is 1.